The number of carbonyl (C=O) groups is 1. The summed E-state index contributed by atoms with van der Waals surface area (Å²) in [6.45, 7) is 12.1. The summed E-state index contributed by atoms with van der Waals surface area (Å²) >= 11 is 6.59. The zero-order valence-electron chi connectivity index (χ0n) is 19.8. The van der Waals surface area contributed by atoms with Crippen molar-refractivity contribution in [2.24, 2.45) is 0 Å². The van der Waals surface area contributed by atoms with Gasteiger partial charge < -0.3 is 19.0 Å². The Bertz CT molecular complexity index is 940. The lowest BCUT2D eigenvalue weighted by molar-refractivity contribution is 0.00944. The van der Waals surface area contributed by atoms with E-state index in [-0.39, 0.29) is 6.09 Å². The van der Waals surface area contributed by atoms with Gasteiger partial charge in [0.25, 0.3) is 0 Å². The van der Waals surface area contributed by atoms with Crippen LogP contribution in [-0.4, -0.2) is 81.5 Å². The molecule has 4 heterocycles. The zero-order valence-corrected chi connectivity index (χ0v) is 20.6. The fourth-order valence-corrected chi connectivity index (χ4v) is 4.98. The van der Waals surface area contributed by atoms with Crippen LogP contribution in [0.2, 0.25) is 5.02 Å². The molecular formula is C23H33ClN6O3. The van der Waals surface area contributed by atoms with Gasteiger partial charge in [0.15, 0.2) is 0 Å². The molecule has 180 valence electrons. The number of carbonyl (C=O) groups excluding carboxylic acids is 1. The van der Waals surface area contributed by atoms with Crippen molar-refractivity contribution in [3.63, 3.8) is 0 Å². The number of aromatic nitrogens is 3. The van der Waals surface area contributed by atoms with Crippen LogP contribution < -0.4 is 4.90 Å². The molecule has 0 aromatic carbocycles. The summed E-state index contributed by atoms with van der Waals surface area (Å²) in [5.74, 6) is 1.20. The highest BCUT2D eigenvalue weighted by atomic mass is 35.5. The summed E-state index contributed by atoms with van der Waals surface area (Å²) in [7, 11) is 0. The van der Waals surface area contributed by atoms with Gasteiger partial charge in [0.05, 0.1) is 10.6 Å². The SMILES string of the molecule is CC[C@H]1CN(c2ncc(-c3nnco3)cc2Cl)CCN1C1CCN(C(=O)OC(C)(C)C)CC1. The molecule has 0 N–H and O–H groups in total. The van der Waals surface area contributed by atoms with Gasteiger partial charge in [-0.05, 0) is 46.1 Å². The van der Waals surface area contributed by atoms with Crippen molar-refractivity contribution in [3.05, 3.63) is 23.7 Å². The minimum Gasteiger partial charge on any atom is -0.444 e. The number of halogens is 1. The van der Waals surface area contributed by atoms with E-state index < -0.39 is 5.60 Å². The lowest BCUT2D eigenvalue weighted by atomic mass is 9.98. The number of ether oxygens (including phenoxy) is 1. The van der Waals surface area contributed by atoms with Crippen LogP contribution in [0.5, 0.6) is 0 Å². The molecule has 0 saturated carbocycles. The van der Waals surface area contributed by atoms with E-state index in [0.717, 1.165) is 57.8 Å². The Balaban J connectivity index is 1.36. The van der Waals surface area contributed by atoms with Gasteiger partial charge in [0.1, 0.15) is 11.4 Å². The first-order valence-corrected chi connectivity index (χ1v) is 12.0. The summed E-state index contributed by atoms with van der Waals surface area (Å²) in [4.78, 5) is 23.7. The summed E-state index contributed by atoms with van der Waals surface area (Å²) in [6, 6.07) is 2.71. The van der Waals surface area contributed by atoms with Crippen molar-refractivity contribution in [2.75, 3.05) is 37.6 Å². The Kier molecular flexibility index (Phi) is 7.09. The minimum absolute atomic E-state index is 0.206. The predicted octanol–water partition coefficient (Wildman–Crippen LogP) is 4.09. The fourth-order valence-electron chi connectivity index (χ4n) is 4.69. The maximum atomic E-state index is 12.4. The molecular weight excluding hydrogens is 444 g/mol. The monoisotopic (exact) mass is 476 g/mol. The van der Waals surface area contributed by atoms with Crippen molar-refractivity contribution < 1.29 is 13.9 Å². The molecule has 0 aliphatic carbocycles. The highest BCUT2D eigenvalue weighted by molar-refractivity contribution is 6.33. The van der Waals surface area contributed by atoms with Crippen molar-refractivity contribution in [1.29, 1.82) is 0 Å². The minimum atomic E-state index is -0.462. The van der Waals surface area contributed by atoms with Gasteiger partial charge in [-0.15, -0.1) is 10.2 Å². The Hall–Kier alpha value is -2.39. The average molecular weight is 477 g/mol. The van der Waals surface area contributed by atoms with Crippen LogP contribution in [0.15, 0.2) is 23.1 Å². The van der Waals surface area contributed by atoms with Gasteiger partial charge in [-0.3, -0.25) is 4.90 Å². The number of hydrogen-bond acceptors (Lipinski definition) is 8. The molecule has 1 amide bonds. The molecule has 4 rings (SSSR count). The molecule has 10 heteroatoms. The fraction of sp³-hybridized carbons (Fsp3) is 0.652. The largest absolute Gasteiger partial charge is 0.444 e. The Morgan fingerprint density at radius 1 is 1.24 bits per heavy atom. The molecule has 0 unspecified atom stereocenters. The second-order valence-electron chi connectivity index (χ2n) is 9.72. The molecule has 0 bridgehead atoms. The third kappa shape index (κ3) is 5.58. The Labute approximate surface area is 200 Å². The van der Waals surface area contributed by atoms with Crippen LogP contribution in [0.4, 0.5) is 10.6 Å². The molecule has 2 fully saturated rings. The number of piperidine rings is 1. The maximum Gasteiger partial charge on any atom is 0.410 e. The third-order valence-electron chi connectivity index (χ3n) is 6.31. The lowest BCUT2D eigenvalue weighted by Gasteiger charge is -2.47. The number of hydrogen-bond donors (Lipinski definition) is 0. The number of anilines is 1. The highest BCUT2D eigenvalue weighted by Gasteiger charge is 2.35. The van der Waals surface area contributed by atoms with E-state index in [1.165, 1.54) is 6.39 Å². The van der Waals surface area contributed by atoms with Crippen LogP contribution in [0.1, 0.15) is 47.0 Å². The molecule has 2 aromatic rings. The normalized spacial score (nSPS) is 20.8. The molecule has 0 spiro atoms. The number of pyridine rings is 1. The van der Waals surface area contributed by atoms with Gasteiger partial charge >= 0.3 is 6.09 Å². The molecule has 2 saturated heterocycles. The number of rotatable bonds is 4. The Morgan fingerprint density at radius 3 is 2.61 bits per heavy atom. The zero-order chi connectivity index (χ0) is 23.6. The van der Waals surface area contributed by atoms with Gasteiger partial charge in [-0.2, -0.15) is 0 Å². The van der Waals surface area contributed by atoms with Gasteiger partial charge in [-0.25, -0.2) is 9.78 Å². The number of amides is 1. The van der Waals surface area contributed by atoms with E-state index in [2.05, 4.69) is 31.9 Å². The van der Waals surface area contributed by atoms with Crippen molar-refractivity contribution in [1.82, 2.24) is 25.0 Å². The predicted molar refractivity (Wildman–Crippen MR) is 126 cm³/mol. The van der Waals surface area contributed by atoms with E-state index in [1.54, 1.807) is 6.20 Å². The first-order chi connectivity index (χ1) is 15.7. The van der Waals surface area contributed by atoms with Crippen LogP contribution in [0, 0.1) is 0 Å². The standard InChI is InChI=1S/C23H33ClN6O3/c1-5-17-14-29(20-19(24)12-16(13-25-20)21-27-26-15-32-21)10-11-30(17)18-6-8-28(9-7-18)22(31)33-23(2,3)4/h12-13,15,17-18H,5-11,14H2,1-4H3/t17-/m0/s1. The van der Waals surface area contributed by atoms with Crippen molar-refractivity contribution in [2.45, 2.75) is 64.6 Å². The summed E-state index contributed by atoms with van der Waals surface area (Å²) < 4.78 is 10.8. The number of likely N-dealkylation sites (tertiary alicyclic amines) is 1. The molecule has 2 aliphatic rings. The maximum absolute atomic E-state index is 12.4. The van der Waals surface area contributed by atoms with Gasteiger partial charge in [0, 0.05) is 51.0 Å². The van der Waals surface area contributed by atoms with Crippen LogP contribution in [0.3, 0.4) is 0 Å². The van der Waals surface area contributed by atoms with Crippen molar-refractivity contribution >= 4 is 23.5 Å². The highest BCUT2D eigenvalue weighted by Crippen LogP contribution is 2.31. The smallest absolute Gasteiger partial charge is 0.410 e. The molecule has 9 nitrogen and oxygen atoms in total. The van der Waals surface area contributed by atoms with E-state index >= 15 is 0 Å². The molecule has 0 radical (unpaired) electrons. The summed E-state index contributed by atoms with van der Waals surface area (Å²) in [6.07, 6.45) is 5.79. The number of piperazine rings is 1. The first-order valence-electron chi connectivity index (χ1n) is 11.7. The lowest BCUT2D eigenvalue weighted by Crippen LogP contribution is -2.59. The quantitative estimate of drug-likeness (QED) is 0.652. The second kappa shape index (κ2) is 9.85. The topological polar surface area (TPSA) is 87.8 Å². The van der Waals surface area contributed by atoms with E-state index in [9.17, 15) is 4.79 Å². The van der Waals surface area contributed by atoms with Crippen LogP contribution in [0.25, 0.3) is 11.5 Å². The van der Waals surface area contributed by atoms with Crippen molar-refractivity contribution in [3.8, 4) is 11.5 Å². The third-order valence-corrected chi connectivity index (χ3v) is 6.59. The van der Waals surface area contributed by atoms with E-state index in [0.29, 0.717) is 28.6 Å². The average Bonchev–Trinajstić information content (AvgIpc) is 3.33. The van der Waals surface area contributed by atoms with E-state index in [4.69, 9.17) is 20.8 Å². The molecule has 1 atom stereocenters. The Morgan fingerprint density at radius 2 is 2.00 bits per heavy atom. The first kappa shape index (κ1) is 23.8. The number of nitrogens with zero attached hydrogens (tertiary/aromatic N) is 6. The van der Waals surface area contributed by atoms with Gasteiger partial charge in [0.2, 0.25) is 12.3 Å². The van der Waals surface area contributed by atoms with E-state index in [1.807, 2.05) is 31.7 Å². The molecule has 2 aliphatic heterocycles. The van der Waals surface area contributed by atoms with Gasteiger partial charge in [-0.1, -0.05) is 18.5 Å². The molecule has 33 heavy (non-hydrogen) atoms. The van der Waals surface area contributed by atoms with Crippen LogP contribution in [-0.2, 0) is 4.74 Å². The summed E-state index contributed by atoms with van der Waals surface area (Å²) in [5.41, 5.74) is 0.250. The molecule has 2 aromatic heterocycles. The summed E-state index contributed by atoms with van der Waals surface area (Å²) in [5, 5.41) is 8.22. The van der Waals surface area contributed by atoms with Crippen LogP contribution >= 0.6 is 11.6 Å². The second-order valence-corrected chi connectivity index (χ2v) is 10.1.